The molecule has 0 atom stereocenters. The van der Waals surface area contributed by atoms with Crippen molar-refractivity contribution in [2.24, 2.45) is 5.73 Å². The van der Waals surface area contributed by atoms with Gasteiger partial charge in [0.2, 0.25) is 0 Å². The van der Waals surface area contributed by atoms with Crippen LogP contribution in [-0.2, 0) is 21.7 Å². The average molecular weight is 153 g/mol. The van der Waals surface area contributed by atoms with Gasteiger partial charge in [0.1, 0.15) is 6.09 Å². The van der Waals surface area contributed by atoms with Gasteiger partial charge in [0.15, 0.2) is 0 Å². The van der Waals surface area contributed by atoms with Crippen molar-refractivity contribution < 1.29 is 36.7 Å². The van der Waals surface area contributed by atoms with Gasteiger partial charge in [-0.15, -0.1) is 6.61 Å². The minimum Gasteiger partial charge on any atom is -0.855 e. The Labute approximate surface area is 62.6 Å². The van der Waals surface area contributed by atoms with E-state index in [0.717, 1.165) is 0 Å². The second-order valence-corrected chi connectivity index (χ2v) is 0.608. The molecule has 0 aliphatic carbocycles. The van der Waals surface area contributed by atoms with E-state index in [4.69, 9.17) is 15.0 Å². The first-order valence-corrected chi connectivity index (χ1v) is 1.69. The largest absolute Gasteiger partial charge is 4.00 e. The zero-order chi connectivity index (χ0) is 6.28. The van der Waals surface area contributed by atoms with Crippen LogP contribution in [-0.4, -0.2) is 12.7 Å². The summed E-state index contributed by atoms with van der Waals surface area (Å²) < 4.78 is 0. The van der Waals surface area contributed by atoms with Crippen molar-refractivity contribution in [1.29, 1.82) is 0 Å². The number of hydrogen-bond acceptors (Lipinski definition) is 3. The summed E-state index contributed by atoms with van der Waals surface area (Å²) in [5.41, 5.74) is 3.92. The number of nitrogens with two attached hydrogens (primary N) is 1. The minimum atomic E-state index is -1.58. The molecule has 1 amide bonds. The van der Waals surface area contributed by atoms with Crippen molar-refractivity contribution in [3.63, 3.8) is 0 Å². The van der Waals surface area contributed by atoms with Gasteiger partial charge in [-0.3, -0.25) is 0 Å². The van der Waals surface area contributed by atoms with Gasteiger partial charge in [0.25, 0.3) is 0 Å². The molecule has 5 heteroatoms. The first-order valence-electron chi connectivity index (χ1n) is 1.69. The maximum atomic E-state index is 8.93. The molecular weight excluding hydrogens is 146 g/mol. The molecule has 0 bridgehead atoms. The molecule has 0 unspecified atom stereocenters. The Bertz CT molecular complexity index is 45.8. The number of carbonyl (C=O) groups is 1. The summed E-state index contributed by atoms with van der Waals surface area (Å²) in [7, 11) is 0. The van der Waals surface area contributed by atoms with Crippen LogP contribution in [0.5, 0.6) is 0 Å². The molecule has 2 N–H and O–H groups in total. The third-order valence-electron chi connectivity index (χ3n) is 0. The van der Waals surface area contributed by atoms with E-state index in [1.54, 1.807) is 6.92 Å². The van der Waals surface area contributed by atoms with Gasteiger partial charge in [-0.1, -0.05) is 6.92 Å². The Hall–Kier alpha value is -0.0557. The normalized spacial score (nSPS) is 5.25. The molecule has 0 aromatic heterocycles. The Morgan fingerprint density at radius 3 is 1.75 bits per heavy atom. The van der Waals surface area contributed by atoms with E-state index in [1.807, 2.05) is 0 Å². The molecule has 0 aliphatic heterocycles. The van der Waals surface area contributed by atoms with Crippen LogP contribution in [0.3, 0.4) is 0 Å². The first kappa shape index (κ1) is 15.7. The van der Waals surface area contributed by atoms with Crippen LogP contribution < -0.4 is 15.9 Å². The molecule has 0 saturated heterocycles. The van der Waals surface area contributed by atoms with Crippen molar-refractivity contribution in [3.05, 3.63) is 0 Å². The SMILES string of the molecule is CC[O-].NC(=O)[O-].[Ti+4]. The predicted molar refractivity (Wildman–Crippen MR) is 20.1 cm³/mol. The Balaban J connectivity index is -0.0000000575. The molecule has 0 radical (unpaired) electrons. The van der Waals surface area contributed by atoms with Gasteiger partial charge < -0.3 is 20.7 Å². The van der Waals surface area contributed by atoms with Gasteiger partial charge >= 0.3 is 21.7 Å². The smallest absolute Gasteiger partial charge is 0.855 e. The van der Waals surface area contributed by atoms with Crippen LogP contribution >= 0.6 is 0 Å². The Morgan fingerprint density at radius 1 is 1.75 bits per heavy atom. The summed E-state index contributed by atoms with van der Waals surface area (Å²) in [6.45, 7) is 1.57. The van der Waals surface area contributed by atoms with Crippen LogP contribution in [0.4, 0.5) is 4.79 Å². The molecule has 0 saturated carbocycles. The van der Waals surface area contributed by atoms with Gasteiger partial charge in [-0.05, 0) is 0 Å². The molecule has 0 aliphatic rings. The second kappa shape index (κ2) is 15.8. The Morgan fingerprint density at radius 2 is 1.75 bits per heavy atom. The fraction of sp³-hybridized carbons (Fsp3) is 0.667. The minimum absolute atomic E-state index is 0. The topological polar surface area (TPSA) is 89.2 Å². The number of carbonyl (C=O) groups excluding carboxylic acids is 1. The Kier molecular flexibility index (Phi) is 30.9. The molecule has 0 spiro atoms. The van der Waals surface area contributed by atoms with E-state index in [0.29, 0.717) is 0 Å². The molecule has 44 valence electrons. The van der Waals surface area contributed by atoms with Gasteiger partial charge in [-0.25, -0.2) is 0 Å². The molecule has 0 fully saturated rings. The molecule has 0 heterocycles. The summed E-state index contributed by atoms with van der Waals surface area (Å²) in [5, 5.41) is 17.6. The van der Waals surface area contributed by atoms with Crippen molar-refractivity contribution in [2.75, 3.05) is 6.61 Å². The maximum absolute atomic E-state index is 8.93. The summed E-state index contributed by atoms with van der Waals surface area (Å²) in [6.07, 6.45) is -1.58. The number of rotatable bonds is 0. The van der Waals surface area contributed by atoms with Crippen molar-refractivity contribution in [3.8, 4) is 0 Å². The van der Waals surface area contributed by atoms with Crippen molar-refractivity contribution >= 4 is 6.09 Å². The maximum Gasteiger partial charge on any atom is 4.00 e. The molecule has 0 aromatic rings. The average Bonchev–Trinajstić information content (AvgIpc) is 1.33. The van der Waals surface area contributed by atoms with E-state index in [2.05, 4.69) is 5.73 Å². The van der Waals surface area contributed by atoms with Gasteiger partial charge in [0.05, 0.1) is 0 Å². The predicted octanol–water partition coefficient (Wildman–Crippen LogP) is -2.35. The quantitative estimate of drug-likeness (QED) is 0.395. The van der Waals surface area contributed by atoms with E-state index in [-0.39, 0.29) is 28.3 Å². The number of primary amides is 1. The zero-order valence-corrected chi connectivity index (χ0v) is 6.07. The van der Waals surface area contributed by atoms with E-state index in [9.17, 15) is 0 Å². The third-order valence-corrected chi connectivity index (χ3v) is 0. The standard InChI is InChI=1S/C2H5O.CH3NO2.Ti/c1-2-3;2-1(3)4;/h2H2,1H3;2H2,(H,3,4);/q-1;;+4/p-1. The van der Waals surface area contributed by atoms with E-state index in [1.165, 1.54) is 0 Å². The summed E-state index contributed by atoms with van der Waals surface area (Å²) in [6, 6.07) is 0. The fourth-order valence-electron chi connectivity index (χ4n) is 0. The molecule has 8 heavy (non-hydrogen) atoms. The molecule has 0 aromatic carbocycles. The fourth-order valence-corrected chi connectivity index (χ4v) is 0. The summed E-state index contributed by atoms with van der Waals surface area (Å²) in [5.74, 6) is 0. The van der Waals surface area contributed by atoms with E-state index < -0.39 is 6.09 Å². The molecule has 4 nitrogen and oxygen atoms in total. The second-order valence-electron chi connectivity index (χ2n) is 0.608. The van der Waals surface area contributed by atoms with Gasteiger partial charge in [0, 0.05) is 0 Å². The number of carboxylic acid groups (broad SMARTS) is 1. The van der Waals surface area contributed by atoms with Crippen molar-refractivity contribution in [2.45, 2.75) is 6.92 Å². The monoisotopic (exact) mass is 153 g/mol. The number of amides is 1. The van der Waals surface area contributed by atoms with E-state index >= 15 is 0 Å². The number of hydrogen-bond donors (Lipinski definition) is 1. The van der Waals surface area contributed by atoms with Crippen LogP contribution in [0, 0.1) is 0 Å². The van der Waals surface area contributed by atoms with Crippen LogP contribution in [0.25, 0.3) is 0 Å². The summed E-state index contributed by atoms with van der Waals surface area (Å²) >= 11 is 0. The van der Waals surface area contributed by atoms with Crippen LogP contribution in [0.2, 0.25) is 0 Å². The van der Waals surface area contributed by atoms with Crippen molar-refractivity contribution in [1.82, 2.24) is 0 Å². The van der Waals surface area contributed by atoms with Crippen LogP contribution in [0.15, 0.2) is 0 Å². The van der Waals surface area contributed by atoms with Gasteiger partial charge in [-0.2, -0.15) is 0 Å². The molecule has 0 rings (SSSR count). The third kappa shape index (κ3) is 46800. The first-order chi connectivity index (χ1) is 3.15. The molecular formula is C3H7NO3Ti+2. The zero-order valence-electron chi connectivity index (χ0n) is 4.51. The summed E-state index contributed by atoms with van der Waals surface area (Å²) in [4.78, 5) is 8.67. The van der Waals surface area contributed by atoms with Crippen LogP contribution in [0.1, 0.15) is 6.92 Å².